The largest absolute Gasteiger partial charge is 0.379 e. The van der Waals surface area contributed by atoms with E-state index in [0.717, 1.165) is 45.4 Å². The number of morpholine rings is 1. The zero-order valence-corrected chi connectivity index (χ0v) is 20.5. The molecule has 6 nitrogen and oxygen atoms in total. The van der Waals surface area contributed by atoms with Crippen LogP contribution in [0.2, 0.25) is 0 Å². The van der Waals surface area contributed by atoms with Crippen LogP contribution in [0, 0.1) is 5.92 Å². The van der Waals surface area contributed by atoms with Gasteiger partial charge in [0, 0.05) is 63.1 Å². The maximum atomic E-state index is 5.57. The number of nitrogens with one attached hydrogen (secondary N) is 2. The fraction of sp³-hybridized carbons (Fsp3) is 0.947. The van der Waals surface area contributed by atoms with Crippen molar-refractivity contribution < 1.29 is 4.74 Å². The van der Waals surface area contributed by atoms with Crippen molar-refractivity contribution in [2.75, 3.05) is 64.5 Å². The molecule has 0 bridgehead atoms. The number of guanidine groups is 1. The Balaban J connectivity index is 0.00000261. The third kappa shape index (κ3) is 5.87. The van der Waals surface area contributed by atoms with Gasteiger partial charge >= 0.3 is 0 Å². The van der Waals surface area contributed by atoms with Gasteiger partial charge in [0.2, 0.25) is 0 Å². The molecule has 3 heterocycles. The van der Waals surface area contributed by atoms with Gasteiger partial charge in [-0.05, 0) is 31.9 Å². The van der Waals surface area contributed by atoms with E-state index >= 15 is 0 Å². The van der Waals surface area contributed by atoms with Gasteiger partial charge in [0.05, 0.1) is 13.2 Å². The van der Waals surface area contributed by atoms with E-state index in [-0.39, 0.29) is 29.5 Å². The van der Waals surface area contributed by atoms with E-state index in [2.05, 4.69) is 58.0 Å². The highest BCUT2D eigenvalue weighted by molar-refractivity contribution is 14.0. The predicted octanol–water partition coefficient (Wildman–Crippen LogP) is 1.71. The highest BCUT2D eigenvalue weighted by atomic mass is 127. The lowest BCUT2D eigenvalue weighted by molar-refractivity contribution is -0.0120. The van der Waals surface area contributed by atoms with Gasteiger partial charge < -0.3 is 15.4 Å². The molecule has 3 rings (SSSR count). The number of aliphatic imine (C=N–C) groups is 1. The Bertz CT molecular complexity index is 481. The highest BCUT2D eigenvalue weighted by Crippen LogP contribution is 2.33. The van der Waals surface area contributed by atoms with Crippen molar-refractivity contribution in [3.63, 3.8) is 0 Å². The van der Waals surface area contributed by atoms with Crippen LogP contribution in [0.5, 0.6) is 0 Å². The number of hydrogen-bond acceptors (Lipinski definition) is 5. The highest BCUT2D eigenvalue weighted by Gasteiger charge is 2.41. The molecule has 0 radical (unpaired) electrons. The molecule has 0 aromatic heterocycles. The first-order valence-electron chi connectivity index (χ1n) is 10.2. The molecular weight excluding hydrogens is 473 g/mol. The molecule has 0 aliphatic carbocycles. The van der Waals surface area contributed by atoms with Crippen molar-refractivity contribution in [1.29, 1.82) is 0 Å². The first-order chi connectivity index (χ1) is 12.5. The van der Waals surface area contributed by atoms with Crippen LogP contribution in [0.1, 0.15) is 27.2 Å². The number of ether oxygens (including phenoxy) is 1. The Morgan fingerprint density at radius 2 is 2.04 bits per heavy atom. The Morgan fingerprint density at radius 3 is 2.59 bits per heavy atom. The zero-order chi connectivity index (χ0) is 18.6. The zero-order valence-electron chi connectivity index (χ0n) is 17.4. The molecule has 0 saturated carbocycles. The SMILES string of the molecule is CN=C(NCC1(N2CCOCC2)CCSC1)NC1CN(C(C)C)CC1C.I. The molecule has 3 aliphatic heterocycles. The minimum absolute atomic E-state index is 0. The number of rotatable bonds is 5. The quantitative estimate of drug-likeness (QED) is 0.333. The van der Waals surface area contributed by atoms with Crippen LogP contribution < -0.4 is 10.6 Å². The second kappa shape index (κ2) is 10.8. The summed E-state index contributed by atoms with van der Waals surface area (Å²) in [5.74, 6) is 4.06. The van der Waals surface area contributed by atoms with Crippen molar-refractivity contribution in [1.82, 2.24) is 20.4 Å². The number of likely N-dealkylation sites (tertiary alicyclic amines) is 1. The summed E-state index contributed by atoms with van der Waals surface area (Å²) in [6.45, 7) is 14.0. The van der Waals surface area contributed by atoms with Crippen molar-refractivity contribution in [3.05, 3.63) is 0 Å². The summed E-state index contributed by atoms with van der Waals surface area (Å²) >= 11 is 2.08. The van der Waals surface area contributed by atoms with E-state index in [1.165, 1.54) is 24.5 Å². The smallest absolute Gasteiger partial charge is 0.191 e. The number of thioether (sulfide) groups is 1. The molecule has 158 valence electrons. The first kappa shape index (κ1) is 23.5. The van der Waals surface area contributed by atoms with Crippen molar-refractivity contribution in [2.45, 2.75) is 44.8 Å². The number of halogens is 1. The third-order valence-electron chi connectivity index (χ3n) is 6.27. The third-order valence-corrected chi connectivity index (χ3v) is 7.50. The predicted molar refractivity (Wildman–Crippen MR) is 127 cm³/mol. The summed E-state index contributed by atoms with van der Waals surface area (Å²) < 4.78 is 5.57. The summed E-state index contributed by atoms with van der Waals surface area (Å²) in [6, 6.07) is 1.08. The molecule has 2 N–H and O–H groups in total. The van der Waals surface area contributed by atoms with Crippen LogP contribution in [0.25, 0.3) is 0 Å². The topological polar surface area (TPSA) is 52.1 Å². The van der Waals surface area contributed by atoms with E-state index in [0.29, 0.717) is 18.0 Å². The molecule has 0 aromatic rings. The molecule has 3 aliphatic rings. The van der Waals surface area contributed by atoms with Gasteiger partial charge in [0.1, 0.15) is 0 Å². The van der Waals surface area contributed by atoms with Gasteiger partial charge in [0.15, 0.2) is 5.96 Å². The molecule has 3 saturated heterocycles. The summed E-state index contributed by atoms with van der Waals surface area (Å²) in [5.41, 5.74) is 0.247. The van der Waals surface area contributed by atoms with Crippen LogP contribution in [0.3, 0.4) is 0 Å². The van der Waals surface area contributed by atoms with Gasteiger partial charge in [-0.15, -0.1) is 24.0 Å². The molecule has 0 spiro atoms. The molecule has 0 amide bonds. The van der Waals surface area contributed by atoms with E-state index in [1.54, 1.807) is 0 Å². The number of nitrogens with zero attached hydrogens (tertiary/aromatic N) is 3. The summed E-state index contributed by atoms with van der Waals surface area (Å²) in [7, 11) is 1.89. The minimum atomic E-state index is 0. The second-order valence-electron chi connectivity index (χ2n) is 8.33. The van der Waals surface area contributed by atoms with Gasteiger partial charge in [-0.25, -0.2) is 0 Å². The lowest BCUT2D eigenvalue weighted by atomic mass is 9.95. The molecular formula is C19H38IN5OS. The second-order valence-corrected chi connectivity index (χ2v) is 9.43. The summed E-state index contributed by atoms with van der Waals surface area (Å²) in [6.07, 6.45) is 1.25. The van der Waals surface area contributed by atoms with Crippen LogP contribution in [-0.2, 0) is 4.74 Å². The standard InChI is InChI=1S/C19H37N5OS.HI/c1-15(2)23-11-16(3)17(12-23)22-18(20-4)21-13-19(5-10-26-14-19)24-6-8-25-9-7-24;/h15-17H,5-14H2,1-4H3,(H2,20,21,22);1H. The van der Waals surface area contributed by atoms with Crippen LogP contribution in [0.15, 0.2) is 4.99 Å². The monoisotopic (exact) mass is 511 g/mol. The van der Waals surface area contributed by atoms with Crippen LogP contribution in [-0.4, -0.2) is 97.9 Å². The number of hydrogen-bond donors (Lipinski definition) is 2. The van der Waals surface area contributed by atoms with Crippen molar-refractivity contribution in [3.8, 4) is 0 Å². The summed E-state index contributed by atoms with van der Waals surface area (Å²) in [4.78, 5) is 9.72. The first-order valence-corrected chi connectivity index (χ1v) is 11.3. The molecule has 3 unspecified atom stereocenters. The molecule has 0 aromatic carbocycles. The fourth-order valence-corrected chi connectivity index (χ4v) is 5.84. The summed E-state index contributed by atoms with van der Waals surface area (Å²) in [5, 5.41) is 7.36. The Morgan fingerprint density at radius 1 is 1.30 bits per heavy atom. The van der Waals surface area contributed by atoms with Crippen LogP contribution in [0.4, 0.5) is 0 Å². The van der Waals surface area contributed by atoms with E-state index in [9.17, 15) is 0 Å². The van der Waals surface area contributed by atoms with E-state index in [1.807, 2.05) is 7.05 Å². The Hall–Kier alpha value is 0.230. The van der Waals surface area contributed by atoms with E-state index < -0.39 is 0 Å². The lowest BCUT2D eigenvalue weighted by Gasteiger charge is -2.43. The van der Waals surface area contributed by atoms with Gasteiger partial charge in [-0.2, -0.15) is 11.8 Å². The molecule has 8 heteroatoms. The van der Waals surface area contributed by atoms with Gasteiger partial charge in [-0.3, -0.25) is 14.8 Å². The Kier molecular flexibility index (Phi) is 9.45. The van der Waals surface area contributed by atoms with Gasteiger partial charge in [0.25, 0.3) is 0 Å². The van der Waals surface area contributed by atoms with Crippen molar-refractivity contribution in [2.24, 2.45) is 10.9 Å². The normalized spacial score (nSPS) is 33.3. The molecule has 27 heavy (non-hydrogen) atoms. The average molecular weight is 512 g/mol. The molecule has 3 atom stereocenters. The molecule has 3 fully saturated rings. The maximum absolute atomic E-state index is 5.57. The average Bonchev–Trinajstić information content (AvgIpc) is 3.27. The van der Waals surface area contributed by atoms with E-state index in [4.69, 9.17) is 4.74 Å². The van der Waals surface area contributed by atoms with Crippen LogP contribution >= 0.6 is 35.7 Å². The fourth-order valence-electron chi connectivity index (χ4n) is 4.37. The maximum Gasteiger partial charge on any atom is 0.191 e. The minimum Gasteiger partial charge on any atom is -0.379 e. The lowest BCUT2D eigenvalue weighted by Crippen LogP contribution is -2.60. The van der Waals surface area contributed by atoms with Crippen molar-refractivity contribution >= 4 is 41.7 Å². The van der Waals surface area contributed by atoms with Gasteiger partial charge in [-0.1, -0.05) is 6.92 Å². The Labute approximate surface area is 186 Å².